The molecule has 1 saturated heterocycles. The number of nitro groups is 1. The van der Waals surface area contributed by atoms with Crippen molar-refractivity contribution < 1.29 is 24.0 Å². The molecule has 148 valence electrons. The van der Waals surface area contributed by atoms with Gasteiger partial charge in [0.2, 0.25) is 0 Å². The van der Waals surface area contributed by atoms with Crippen molar-refractivity contribution in [3.8, 4) is 5.75 Å². The number of imide groups is 2. The fourth-order valence-electron chi connectivity index (χ4n) is 2.66. The lowest BCUT2D eigenvalue weighted by Crippen LogP contribution is -2.54. The van der Waals surface area contributed by atoms with Crippen molar-refractivity contribution in [3.05, 3.63) is 69.8 Å². The molecule has 0 spiro atoms. The van der Waals surface area contributed by atoms with Crippen LogP contribution in [0.15, 0.2) is 54.1 Å². The Kier molecular flexibility index (Phi) is 5.68. The summed E-state index contributed by atoms with van der Waals surface area (Å²) in [7, 11) is 0. The zero-order valence-electron chi connectivity index (χ0n) is 15.5. The van der Waals surface area contributed by atoms with Gasteiger partial charge in [0, 0.05) is 12.1 Å². The molecule has 1 aliphatic rings. The molecule has 4 amide bonds. The van der Waals surface area contributed by atoms with Crippen molar-refractivity contribution in [3.63, 3.8) is 0 Å². The summed E-state index contributed by atoms with van der Waals surface area (Å²) in [5.41, 5.74) is 0.270. The van der Waals surface area contributed by atoms with E-state index < -0.39 is 22.8 Å². The number of nitrogens with one attached hydrogen (secondary N) is 1. The molecule has 0 saturated carbocycles. The molecule has 9 heteroatoms. The highest BCUT2D eigenvalue weighted by Gasteiger charge is 2.36. The quantitative estimate of drug-likeness (QED) is 0.347. The van der Waals surface area contributed by atoms with Gasteiger partial charge in [0.05, 0.1) is 17.2 Å². The van der Waals surface area contributed by atoms with Crippen LogP contribution in [0.1, 0.15) is 18.9 Å². The minimum Gasteiger partial charge on any atom is -0.494 e. The highest BCUT2D eigenvalue weighted by Crippen LogP contribution is 2.24. The Balaban J connectivity index is 1.88. The number of benzene rings is 2. The topological polar surface area (TPSA) is 119 Å². The second-order valence-corrected chi connectivity index (χ2v) is 6.15. The van der Waals surface area contributed by atoms with Gasteiger partial charge in [-0.05, 0) is 42.3 Å². The molecule has 1 heterocycles. The standard InChI is InChI=1S/C20H17N3O6/c1-2-11-29-16-9-3-13(4-10-16)12-17-18(24)21-20(26)22(19(17)25)14-5-7-15(8-6-14)23(27)28/h3-10,12H,2,11H2,1H3,(H,21,24,26). The van der Waals surface area contributed by atoms with Crippen LogP contribution in [-0.2, 0) is 9.59 Å². The van der Waals surface area contributed by atoms with Crippen LogP contribution in [0.3, 0.4) is 0 Å². The molecular weight excluding hydrogens is 378 g/mol. The highest BCUT2D eigenvalue weighted by atomic mass is 16.6. The SMILES string of the molecule is CCCOc1ccc(C=C2C(=O)NC(=O)N(c3ccc([N+](=O)[O-])cc3)C2=O)cc1. The Morgan fingerprint density at radius 3 is 2.31 bits per heavy atom. The fourth-order valence-corrected chi connectivity index (χ4v) is 2.66. The zero-order chi connectivity index (χ0) is 21.0. The average molecular weight is 395 g/mol. The molecule has 1 aliphatic heterocycles. The van der Waals surface area contributed by atoms with E-state index in [1.807, 2.05) is 6.92 Å². The van der Waals surface area contributed by atoms with Crippen LogP contribution in [-0.4, -0.2) is 29.4 Å². The van der Waals surface area contributed by atoms with Crippen molar-refractivity contribution in [1.29, 1.82) is 0 Å². The van der Waals surface area contributed by atoms with Crippen LogP contribution in [0, 0.1) is 10.1 Å². The van der Waals surface area contributed by atoms with Gasteiger partial charge in [0.1, 0.15) is 11.3 Å². The van der Waals surface area contributed by atoms with E-state index in [9.17, 15) is 24.5 Å². The number of anilines is 1. The van der Waals surface area contributed by atoms with Gasteiger partial charge in [-0.1, -0.05) is 19.1 Å². The van der Waals surface area contributed by atoms with Crippen LogP contribution < -0.4 is 15.0 Å². The van der Waals surface area contributed by atoms with E-state index >= 15 is 0 Å². The van der Waals surface area contributed by atoms with Gasteiger partial charge in [-0.2, -0.15) is 0 Å². The van der Waals surface area contributed by atoms with Crippen LogP contribution in [0.2, 0.25) is 0 Å². The number of rotatable bonds is 6. The maximum atomic E-state index is 12.8. The maximum Gasteiger partial charge on any atom is 0.335 e. The number of urea groups is 1. The first-order valence-corrected chi connectivity index (χ1v) is 8.79. The molecule has 0 aliphatic carbocycles. The maximum absolute atomic E-state index is 12.8. The summed E-state index contributed by atoms with van der Waals surface area (Å²) in [6.45, 7) is 2.57. The van der Waals surface area contributed by atoms with Gasteiger partial charge in [-0.3, -0.25) is 25.0 Å². The van der Waals surface area contributed by atoms with Gasteiger partial charge in [0.15, 0.2) is 0 Å². The summed E-state index contributed by atoms with van der Waals surface area (Å²) in [5.74, 6) is -0.973. The molecule has 1 fully saturated rings. The third kappa shape index (κ3) is 4.29. The van der Waals surface area contributed by atoms with Crippen molar-refractivity contribution >= 4 is 35.3 Å². The van der Waals surface area contributed by atoms with Gasteiger partial charge in [-0.15, -0.1) is 0 Å². The first-order chi connectivity index (χ1) is 13.9. The third-order valence-corrected chi connectivity index (χ3v) is 4.08. The zero-order valence-corrected chi connectivity index (χ0v) is 15.5. The molecular formula is C20H17N3O6. The number of nitrogens with zero attached hydrogens (tertiary/aromatic N) is 2. The number of amides is 4. The second-order valence-electron chi connectivity index (χ2n) is 6.15. The number of non-ortho nitro benzene ring substituents is 1. The molecule has 0 radical (unpaired) electrons. The largest absolute Gasteiger partial charge is 0.494 e. The second kappa shape index (κ2) is 8.34. The van der Waals surface area contributed by atoms with E-state index in [4.69, 9.17) is 4.74 Å². The number of ether oxygens (including phenoxy) is 1. The summed E-state index contributed by atoms with van der Waals surface area (Å²) in [6, 6.07) is 10.8. The van der Waals surface area contributed by atoms with Crippen molar-refractivity contribution in [1.82, 2.24) is 5.32 Å². The number of nitro benzene ring substituents is 1. The van der Waals surface area contributed by atoms with E-state index in [0.717, 1.165) is 11.3 Å². The predicted octanol–water partition coefficient (Wildman–Crippen LogP) is 3.05. The van der Waals surface area contributed by atoms with Gasteiger partial charge >= 0.3 is 6.03 Å². The summed E-state index contributed by atoms with van der Waals surface area (Å²) in [6.07, 6.45) is 2.24. The van der Waals surface area contributed by atoms with Crippen molar-refractivity contribution in [2.45, 2.75) is 13.3 Å². The van der Waals surface area contributed by atoms with Crippen LogP contribution in [0.25, 0.3) is 6.08 Å². The van der Waals surface area contributed by atoms with E-state index in [-0.39, 0.29) is 16.9 Å². The van der Waals surface area contributed by atoms with Gasteiger partial charge < -0.3 is 4.74 Å². The Labute approximate surface area is 165 Å². The smallest absolute Gasteiger partial charge is 0.335 e. The normalized spacial score (nSPS) is 15.4. The predicted molar refractivity (Wildman–Crippen MR) is 104 cm³/mol. The van der Waals surface area contributed by atoms with E-state index in [1.54, 1.807) is 24.3 Å². The van der Waals surface area contributed by atoms with E-state index in [1.165, 1.54) is 30.3 Å². The molecule has 3 rings (SSSR count). The van der Waals surface area contributed by atoms with Crippen LogP contribution in [0.5, 0.6) is 5.75 Å². The summed E-state index contributed by atoms with van der Waals surface area (Å²) < 4.78 is 5.49. The number of hydrogen-bond acceptors (Lipinski definition) is 6. The fraction of sp³-hybridized carbons (Fsp3) is 0.150. The number of hydrogen-bond donors (Lipinski definition) is 1. The van der Waals surface area contributed by atoms with Crippen LogP contribution >= 0.6 is 0 Å². The summed E-state index contributed by atoms with van der Waals surface area (Å²) >= 11 is 0. The molecule has 1 N–H and O–H groups in total. The molecule has 9 nitrogen and oxygen atoms in total. The van der Waals surface area contributed by atoms with E-state index in [0.29, 0.717) is 17.9 Å². The molecule has 0 bridgehead atoms. The molecule has 0 aromatic heterocycles. The Morgan fingerprint density at radius 1 is 1.07 bits per heavy atom. The lowest BCUT2D eigenvalue weighted by molar-refractivity contribution is -0.384. The lowest BCUT2D eigenvalue weighted by atomic mass is 10.1. The average Bonchev–Trinajstić information content (AvgIpc) is 2.70. The summed E-state index contributed by atoms with van der Waals surface area (Å²) in [5, 5.41) is 12.9. The van der Waals surface area contributed by atoms with E-state index in [2.05, 4.69) is 5.32 Å². The van der Waals surface area contributed by atoms with Crippen LogP contribution in [0.4, 0.5) is 16.2 Å². The Hall–Kier alpha value is -4.01. The molecule has 29 heavy (non-hydrogen) atoms. The minimum atomic E-state index is -0.922. The summed E-state index contributed by atoms with van der Waals surface area (Å²) in [4.78, 5) is 48.1. The Bertz CT molecular complexity index is 996. The molecule has 0 atom stereocenters. The van der Waals surface area contributed by atoms with Crippen molar-refractivity contribution in [2.75, 3.05) is 11.5 Å². The number of carbonyl (C=O) groups is 3. The van der Waals surface area contributed by atoms with Gasteiger partial charge in [0.25, 0.3) is 17.5 Å². The van der Waals surface area contributed by atoms with Crippen molar-refractivity contribution in [2.24, 2.45) is 0 Å². The highest BCUT2D eigenvalue weighted by molar-refractivity contribution is 6.39. The van der Waals surface area contributed by atoms with Gasteiger partial charge in [-0.25, -0.2) is 9.69 Å². The lowest BCUT2D eigenvalue weighted by Gasteiger charge is -2.26. The monoisotopic (exact) mass is 395 g/mol. The first-order valence-electron chi connectivity index (χ1n) is 8.79. The third-order valence-electron chi connectivity index (χ3n) is 4.08. The number of barbiturate groups is 1. The molecule has 0 unspecified atom stereocenters. The molecule has 2 aromatic carbocycles. The first kappa shape index (κ1) is 19.7. The Morgan fingerprint density at radius 2 is 1.72 bits per heavy atom. The minimum absolute atomic E-state index is 0.111. The molecule has 2 aromatic rings. The number of carbonyl (C=O) groups excluding carboxylic acids is 3.